The second-order valence-corrected chi connectivity index (χ2v) is 2.48. The molecule has 0 bridgehead atoms. The Kier molecular flexibility index (Phi) is 2.82. The molecule has 0 aliphatic carbocycles. The third kappa shape index (κ3) is 1.83. The minimum absolute atomic E-state index is 0.192. The summed E-state index contributed by atoms with van der Waals surface area (Å²) >= 11 is 0. The third-order valence-electron chi connectivity index (χ3n) is 1.59. The van der Waals surface area contributed by atoms with E-state index in [1.54, 1.807) is 18.3 Å². The zero-order chi connectivity index (χ0) is 8.97. The van der Waals surface area contributed by atoms with Gasteiger partial charge in [0.15, 0.2) is 0 Å². The van der Waals surface area contributed by atoms with Gasteiger partial charge in [0.1, 0.15) is 5.75 Å². The summed E-state index contributed by atoms with van der Waals surface area (Å²) < 4.78 is 0. The number of hydrogen-bond donors (Lipinski definition) is 2. The van der Waals surface area contributed by atoms with Crippen molar-refractivity contribution in [2.24, 2.45) is 5.73 Å². The van der Waals surface area contributed by atoms with Crippen LogP contribution in [-0.4, -0.2) is 16.6 Å². The maximum absolute atomic E-state index is 9.39. The van der Waals surface area contributed by atoms with Crippen LogP contribution in [0.3, 0.4) is 0 Å². The molecule has 0 spiro atoms. The van der Waals surface area contributed by atoms with Gasteiger partial charge in [0.25, 0.3) is 0 Å². The standard InChI is InChI=1S/C9H12N2O/c1-2-7-5-9(12)8(3-4-10)11-6-7/h2,5-6,12H,1,3-4,10H2. The average molecular weight is 164 g/mol. The normalized spacial score (nSPS) is 9.75. The zero-order valence-corrected chi connectivity index (χ0v) is 6.83. The molecule has 1 aromatic heterocycles. The van der Waals surface area contributed by atoms with Gasteiger partial charge in [0, 0.05) is 12.6 Å². The Labute approximate surface area is 71.6 Å². The van der Waals surface area contributed by atoms with Crippen LogP contribution in [0.4, 0.5) is 0 Å². The van der Waals surface area contributed by atoms with Crippen molar-refractivity contribution in [1.82, 2.24) is 4.98 Å². The number of nitrogens with zero attached hydrogens (tertiary/aromatic N) is 1. The Hall–Kier alpha value is -1.35. The summed E-state index contributed by atoms with van der Waals surface area (Å²) in [5.41, 5.74) is 6.78. The topological polar surface area (TPSA) is 59.1 Å². The molecule has 0 radical (unpaired) electrons. The van der Waals surface area contributed by atoms with Crippen LogP contribution in [0.15, 0.2) is 18.8 Å². The summed E-state index contributed by atoms with van der Waals surface area (Å²) in [6.45, 7) is 4.07. The fraction of sp³-hybridized carbons (Fsp3) is 0.222. The highest BCUT2D eigenvalue weighted by molar-refractivity contribution is 5.48. The van der Waals surface area contributed by atoms with Crippen molar-refractivity contribution in [3.05, 3.63) is 30.1 Å². The van der Waals surface area contributed by atoms with E-state index in [0.29, 0.717) is 18.7 Å². The molecule has 0 amide bonds. The lowest BCUT2D eigenvalue weighted by atomic mass is 10.2. The lowest BCUT2D eigenvalue weighted by Gasteiger charge is -2.01. The molecule has 0 fully saturated rings. The van der Waals surface area contributed by atoms with Crippen molar-refractivity contribution < 1.29 is 5.11 Å². The summed E-state index contributed by atoms with van der Waals surface area (Å²) in [4.78, 5) is 4.04. The summed E-state index contributed by atoms with van der Waals surface area (Å²) in [6.07, 6.45) is 3.90. The van der Waals surface area contributed by atoms with E-state index < -0.39 is 0 Å². The first-order valence-electron chi connectivity index (χ1n) is 3.78. The second-order valence-electron chi connectivity index (χ2n) is 2.48. The molecule has 12 heavy (non-hydrogen) atoms. The van der Waals surface area contributed by atoms with Crippen molar-refractivity contribution in [2.45, 2.75) is 6.42 Å². The molecule has 0 aromatic carbocycles. The summed E-state index contributed by atoms with van der Waals surface area (Å²) in [7, 11) is 0. The molecule has 3 N–H and O–H groups in total. The van der Waals surface area contributed by atoms with E-state index in [1.165, 1.54) is 0 Å². The Morgan fingerprint density at radius 1 is 1.67 bits per heavy atom. The van der Waals surface area contributed by atoms with Gasteiger partial charge < -0.3 is 10.8 Å². The van der Waals surface area contributed by atoms with Gasteiger partial charge in [-0.3, -0.25) is 4.98 Å². The van der Waals surface area contributed by atoms with Crippen molar-refractivity contribution in [1.29, 1.82) is 0 Å². The smallest absolute Gasteiger partial charge is 0.137 e. The van der Waals surface area contributed by atoms with Gasteiger partial charge >= 0.3 is 0 Å². The minimum atomic E-state index is 0.192. The summed E-state index contributed by atoms with van der Waals surface area (Å²) in [5.74, 6) is 0.192. The first-order chi connectivity index (χ1) is 5.77. The molecule has 0 unspecified atom stereocenters. The predicted octanol–water partition coefficient (Wildman–Crippen LogP) is 0.931. The Morgan fingerprint density at radius 3 is 2.92 bits per heavy atom. The third-order valence-corrected chi connectivity index (χ3v) is 1.59. The van der Waals surface area contributed by atoms with Crippen LogP contribution in [0.25, 0.3) is 6.08 Å². The number of aromatic hydroxyl groups is 1. The minimum Gasteiger partial charge on any atom is -0.506 e. The molecule has 1 heterocycles. The zero-order valence-electron chi connectivity index (χ0n) is 6.83. The van der Waals surface area contributed by atoms with E-state index in [9.17, 15) is 5.11 Å². The maximum Gasteiger partial charge on any atom is 0.137 e. The molecule has 0 atom stereocenters. The molecule has 64 valence electrons. The highest BCUT2D eigenvalue weighted by Gasteiger charge is 2.00. The maximum atomic E-state index is 9.39. The molecule has 1 aromatic rings. The first kappa shape index (κ1) is 8.74. The largest absolute Gasteiger partial charge is 0.506 e. The first-order valence-corrected chi connectivity index (χ1v) is 3.78. The van der Waals surface area contributed by atoms with Gasteiger partial charge in [-0.05, 0) is 18.2 Å². The number of nitrogens with two attached hydrogens (primary N) is 1. The second kappa shape index (κ2) is 3.88. The fourth-order valence-electron chi connectivity index (χ4n) is 0.938. The molecule has 3 heteroatoms. The van der Waals surface area contributed by atoms with E-state index in [1.807, 2.05) is 0 Å². The molecule has 0 saturated carbocycles. The Bertz CT molecular complexity index is 284. The van der Waals surface area contributed by atoms with Crippen LogP contribution in [-0.2, 0) is 6.42 Å². The Morgan fingerprint density at radius 2 is 2.42 bits per heavy atom. The molecule has 0 saturated heterocycles. The highest BCUT2D eigenvalue weighted by atomic mass is 16.3. The van der Waals surface area contributed by atoms with Crippen molar-refractivity contribution >= 4 is 6.08 Å². The number of hydrogen-bond acceptors (Lipinski definition) is 3. The average Bonchev–Trinajstić information content (AvgIpc) is 2.09. The summed E-state index contributed by atoms with van der Waals surface area (Å²) in [6, 6.07) is 1.63. The Balaban J connectivity index is 2.94. The van der Waals surface area contributed by atoms with Crippen LogP contribution in [0, 0.1) is 0 Å². The number of rotatable bonds is 3. The van der Waals surface area contributed by atoms with Crippen molar-refractivity contribution in [3.8, 4) is 5.75 Å². The van der Waals surface area contributed by atoms with Crippen molar-refractivity contribution in [2.75, 3.05) is 6.54 Å². The van der Waals surface area contributed by atoms with Crippen LogP contribution in [0.5, 0.6) is 5.75 Å². The molecular formula is C9H12N2O. The van der Waals surface area contributed by atoms with E-state index in [-0.39, 0.29) is 5.75 Å². The lowest BCUT2D eigenvalue weighted by molar-refractivity contribution is 0.464. The predicted molar refractivity (Wildman–Crippen MR) is 48.8 cm³/mol. The van der Waals surface area contributed by atoms with Gasteiger partial charge in [-0.25, -0.2) is 0 Å². The monoisotopic (exact) mass is 164 g/mol. The molecule has 0 aliphatic rings. The molecule has 3 nitrogen and oxygen atoms in total. The molecular weight excluding hydrogens is 152 g/mol. The van der Waals surface area contributed by atoms with Crippen LogP contribution >= 0.6 is 0 Å². The quantitative estimate of drug-likeness (QED) is 0.698. The van der Waals surface area contributed by atoms with Gasteiger partial charge in [0.2, 0.25) is 0 Å². The van der Waals surface area contributed by atoms with E-state index in [2.05, 4.69) is 11.6 Å². The lowest BCUT2D eigenvalue weighted by Crippen LogP contribution is -2.04. The van der Waals surface area contributed by atoms with Gasteiger partial charge in [0.05, 0.1) is 5.69 Å². The SMILES string of the molecule is C=Cc1cnc(CCN)c(O)c1. The van der Waals surface area contributed by atoms with E-state index in [4.69, 9.17) is 5.73 Å². The summed E-state index contributed by atoms with van der Waals surface area (Å²) in [5, 5.41) is 9.39. The van der Waals surface area contributed by atoms with Crippen LogP contribution < -0.4 is 5.73 Å². The molecule has 1 rings (SSSR count). The molecule has 0 aliphatic heterocycles. The van der Waals surface area contributed by atoms with Gasteiger partial charge in [-0.2, -0.15) is 0 Å². The number of aromatic nitrogens is 1. The van der Waals surface area contributed by atoms with Gasteiger partial charge in [-0.1, -0.05) is 12.7 Å². The van der Waals surface area contributed by atoms with Gasteiger partial charge in [-0.15, -0.1) is 0 Å². The highest BCUT2D eigenvalue weighted by Crippen LogP contribution is 2.16. The fourth-order valence-corrected chi connectivity index (χ4v) is 0.938. The van der Waals surface area contributed by atoms with E-state index in [0.717, 1.165) is 5.56 Å². The van der Waals surface area contributed by atoms with Crippen LogP contribution in [0.2, 0.25) is 0 Å². The van der Waals surface area contributed by atoms with Crippen molar-refractivity contribution in [3.63, 3.8) is 0 Å². The number of pyridine rings is 1. The van der Waals surface area contributed by atoms with Crippen LogP contribution in [0.1, 0.15) is 11.3 Å². The van der Waals surface area contributed by atoms with E-state index >= 15 is 0 Å².